The van der Waals surface area contributed by atoms with Gasteiger partial charge in [0.25, 0.3) is 0 Å². The zero-order valence-corrected chi connectivity index (χ0v) is 19.6. The predicted octanol–water partition coefficient (Wildman–Crippen LogP) is 3.01. The van der Waals surface area contributed by atoms with Crippen molar-refractivity contribution in [3.8, 4) is 0 Å². The van der Waals surface area contributed by atoms with Crippen molar-refractivity contribution in [2.45, 2.75) is 57.1 Å². The molecule has 1 aliphatic carbocycles. The molecule has 0 spiro atoms. The molecule has 1 amide bonds. The van der Waals surface area contributed by atoms with Crippen molar-refractivity contribution in [1.29, 1.82) is 0 Å². The lowest BCUT2D eigenvalue weighted by Crippen LogP contribution is -2.45. The molecule has 4 rings (SSSR count). The van der Waals surface area contributed by atoms with E-state index in [-0.39, 0.29) is 35.5 Å². The van der Waals surface area contributed by atoms with Gasteiger partial charge >= 0.3 is 5.76 Å². The molecule has 33 heavy (non-hydrogen) atoms. The van der Waals surface area contributed by atoms with Crippen LogP contribution in [0.25, 0.3) is 11.1 Å². The third kappa shape index (κ3) is 5.20. The molecule has 1 aliphatic rings. The van der Waals surface area contributed by atoms with Gasteiger partial charge in [-0.3, -0.25) is 9.36 Å². The largest absolute Gasteiger partial charge is 0.420 e. The topological polar surface area (TPSA) is 110 Å². The molecule has 1 heterocycles. The highest BCUT2D eigenvalue weighted by Gasteiger charge is 2.28. The van der Waals surface area contributed by atoms with E-state index in [2.05, 4.69) is 23.9 Å². The molecular weight excluding hydrogens is 442 g/mol. The summed E-state index contributed by atoms with van der Waals surface area (Å²) >= 11 is 0. The zero-order chi connectivity index (χ0) is 23.6. The Hall–Kier alpha value is -2.91. The van der Waals surface area contributed by atoms with Crippen molar-refractivity contribution in [2.24, 2.45) is 11.8 Å². The SMILES string of the molecule is C[C@@H]1[C@H](C)CCC[C@@H]1NC(=O)Cn1c(=O)oc2cc(S(=O)(=O)NCc3ccccc3)ccc21. The Bertz CT molecular complexity index is 1300. The normalized spacial score (nSPS) is 21.2. The quantitative estimate of drug-likeness (QED) is 0.550. The molecule has 1 fully saturated rings. The smallest absolute Gasteiger partial charge is 0.408 e. The minimum Gasteiger partial charge on any atom is -0.408 e. The second kappa shape index (κ2) is 9.52. The Balaban J connectivity index is 1.49. The number of oxazole rings is 1. The highest BCUT2D eigenvalue weighted by atomic mass is 32.2. The second-order valence-electron chi connectivity index (χ2n) is 8.84. The Labute approximate surface area is 193 Å². The number of hydrogen-bond donors (Lipinski definition) is 2. The molecule has 9 heteroatoms. The summed E-state index contributed by atoms with van der Waals surface area (Å²) in [6.07, 6.45) is 3.15. The van der Waals surface area contributed by atoms with Gasteiger partial charge in [-0.25, -0.2) is 17.9 Å². The summed E-state index contributed by atoms with van der Waals surface area (Å²) in [7, 11) is -3.81. The van der Waals surface area contributed by atoms with E-state index >= 15 is 0 Å². The number of aromatic nitrogens is 1. The Morgan fingerprint density at radius 2 is 1.88 bits per heavy atom. The van der Waals surface area contributed by atoms with Gasteiger partial charge in [-0.1, -0.05) is 57.0 Å². The van der Waals surface area contributed by atoms with Gasteiger partial charge < -0.3 is 9.73 Å². The molecule has 0 saturated heterocycles. The van der Waals surface area contributed by atoms with E-state index in [0.29, 0.717) is 17.4 Å². The van der Waals surface area contributed by atoms with Gasteiger partial charge in [0.05, 0.1) is 10.4 Å². The third-order valence-corrected chi connectivity index (χ3v) is 8.01. The number of rotatable bonds is 7. The summed E-state index contributed by atoms with van der Waals surface area (Å²) < 4.78 is 34.4. The van der Waals surface area contributed by atoms with Crippen LogP contribution in [0.5, 0.6) is 0 Å². The average molecular weight is 472 g/mol. The van der Waals surface area contributed by atoms with Gasteiger partial charge in [0.15, 0.2) is 5.58 Å². The summed E-state index contributed by atoms with van der Waals surface area (Å²) in [4.78, 5) is 25.0. The highest BCUT2D eigenvalue weighted by Crippen LogP contribution is 2.29. The van der Waals surface area contributed by atoms with Gasteiger partial charge in [-0.05, 0) is 36.0 Å². The fraction of sp³-hybridized carbons (Fsp3) is 0.417. The average Bonchev–Trinajstić information content (AvgIpc) is 3.10. The van der Waals surface area contributed by atoms with Crippen LogP contribution in [0, 0.1) is 11.8 Å². The van der Waals surface area contributed by atoms with Crippen LogP contribution < -0.4 is 15.8 Å². The fourth-order valence-corrected chi connectivity index (χ4v) is 5.44. The highest BCUT2D eigenvalue weighted by molar-refractivity contribution is 7.89. The van der Waals surface area contributed by atoms with Gasteiger partial charge in [0.1, 0.15) is 6.54 Å². The first kappa shape index (κ1) is 23.3. The predicted molar refractivity (Wildman–Crippen MR) is 125 cm³/mol. The van der Waals surface area contributed by atoms with Crippen LogP contribution >= 0.6 is 0 Å². The van der Waals surface area contributed by atoms with Gasteiger partial charge in [0, 0.05) is 18.7 Å². The molecule has 2 aromatic carbocycles. The number of nitrogens with zero attached hydrogens (tertiary/aromatic N) is 1. The molecule has 3 atom stereocenters. The lowest BCUT2D eigenvalue weighted by atomic mass is 9.78. The summed E-state index contributed by atoms with van der Waals surface area (Å²) in [5.74, 6) is -0.0435. The van der Waals surface area contributed by atoms with Crippen molar-refractivity contribution >= 4 is 27.0 Å². The second-order valence-corrected chi connectivity index (χ2v) is 10.6. The Morgan fingerprint density at radius 3 is 2.64 bits per heavy atom. The summed E-state index contributed by atoms with van der Waals surface area (Å²) in [5.41, 5.74) is 1.32. The lowest BCUT2D eigenvalue weighted by molar-refractivity contribution is -0.123. The monoisotopic (exact) mass is 471 g/mol. The molecule has 2 N–H and O–H groups in total. The number of hydrogen-bond acceptors (Lipinski definition) is 5. The molecule has 3 aromatic rings. The van der Waals surface area contributed by atoms with E-state index in [4.69, 9.17) is 4.42 Å². The van der Waals surface area contributed by atoms with Crippen LogP contribution in [0.15, 0.2) is 62.6 Å². The van der Waals surface area contributed by atoms with Crippen molar-refractivity contribution < 1.29 is 17.6 Å². The number of benzene rings is 2. The maximum atomic E-state index is 12.7. The third-order valence-electron chi connectivity index (χ3n) is 6.61. The van der Waals surface area contributed by atoms with Crippen LogP contribution in [0.3, 0.4) is 0 Å². The zero-order valence-electron chi connectivity index (χ0n) is 18.8. The van der Waals surface area contributed by atoms with Crippen LogP contribution in [0.4, 0.5) is 0 Å². The van der Waals surface area contributed by atoms with Crippen molar-refractivity contribution in [3.05, 3.63) is 64.6 Å². The van der Waals surface area contributed by atoms with E-state index < -0.39 is 15.8 Å². The first-order valence-electron chi connectivity index (χ1n) is 11.2. The molecule has 0 radical (unpaired) electrons. The first-order valence-corrected chi connectivity index (χ1v) is 12.7. The fourth-order valence-electron chi connectivity index (χ4n) is 4.40. The van der Waals surface area contributed by atoms with Crippen LogP contribution in [0.1, 0.15) is 38.7 Å². The first-order chi connectivity index (χ1) is 15.7. The van der Waals surface area contributed by atoms with Crippen LogP contribution in [0.2, 0.25) is 0 Å². The number of amides is 1. The number of carbonyl (C=O) groups is 1. The molecule has 176 valence electrons. The Kier molecular flexibility index (Phi) is 6.71. The molecule has 1 aromatic heterocycles. The number of sulfonamides is 1. The lowest BCUT2D eigenvalue weighted by Gasteiger charge is -2.34. The maximum Gasteiger partial charge on any atom is 0.420 e. The van der Waals surface area contributed by atoms with Crippen molar-refractivity contribution in [2.75, 3.05) is 0 Å². The summed E-state index contributed by atoms with van der Waals surface area (Å²) in [6, 6.07) is 13.5. The van der Waals surface area contributed by atoms with E-state index in [1.54, 1.807) is 0 Å². The standard InChI is InChI=1S/C24H29N3O5S/c1-16-7-6-10-20(17(16)2)26-23(28)15-27-21-12-11-19(13-22(21)32-24(27)29)33(30,31)25-14-18-8-4-3-5-9-18/h3-5,8-9,11-13,16-17,20,25H,6-7,10,14-15H2,1-2H3,(H,26,28)/t16-,17-,20+/m1/s1. The number of fused-ring (bicyclic) bond motifs is 1. The van der Waals surface area contributed by atoms with Crippen LogP contribution in [-0.4, -0.2) is 24.9 Å². The Morgan fingerprint density at radius 1 is 1.12 bits per heavy atom. The minimum atomic E-state index is -3.81. The summed E-state index contributed by atoms with van der Waals surface area (Å²) in [6.45, 7) is 4.30. The number of carbonyl (C=O) groups excluding carboxylic acids is 1. The molecule has 8 nitrogen and oxygen atoms in total. The van der Waals surface area contributed by atoms with E-state index in [0.717, 1.165) is 24.8 Å². The van der Waals surface area contributed by atoms with Gasteiger partial charge in [-0.15, -0.1) is 0 Å². The van der Waals surface area contributed by atoms with Crippen LogP contribution in [-0.2, 0) is 27.9 Å². The summed E-state index contributed by atoms with van der Waals surface area (Å²) in [5, 5.41) is 3.05. The molecular formula is C24H29N3O5S. The molecule has 0 bridgehead atoms. The molecule has 0 aliphatic heterocycles. The molecule has 1 saturated carbocycles. The minimum absolute atomic E-state index is 0.0127. The maximum absolute atomic E-state index is 12.7. The van der Waals surface area contributed by atoms with E-state index in [9.17, 15) is 18.0 Å². The van der Waals surface area contributed by atoms with Gasteiger partial charge in [0.2, 0.25) is 15.9 Å². The van der Waals surface area contributed by atoms with Crippen molar-refractivity contribution in [3.63, 3.8) is 0 Å². The van der Waals surface area contributed by atoms with Gasteiger partial charge in [-0.2, -0.15) is 0 Å². The van der Waals surface area contributed by atoms with E-state index in [1.165, 1.54) is 22.8 Å². The molecule has 0 unspecified atom stereocenters. The van der Waals surface area contributed by atoms with E-state index in [1.807, 2.05) is 30.3 Å². The van der Waals surface area contributed by atoms with Crippen molar-refractivity contribution in [1.82, 2.24) is 14.6 Å². The number of nitrogens with one attached hydrogen (secondary N) is 2.